The van der Waals surface area contributed by atoms with Crippen LogP contribution in [-0.4, -0.2) is 4.92 Å². The van der Waals surface area contributed by atoms with Gasteiger partial charge in [-0.1, -0.05) is 0 Å². The second-order valence-electron chi connectivity index (χ2n) is 1.54. The molecule has 4 heteroatoms. The van der Waals surface area contributed by atoms with Crippen LogP contribution in [0.15, 0.2) is 10.5 Å². The molecule has 4 nitrogen and oxygen atoms in total. The highest BCUT2D eigenvalue weighted by Crippen LogP contribution is 2.12. The number of furan rings is 1. The first-order valence-electron chi connectivity index (χ1n) is 2.32. The van der Waals surface area contributed by atoms with Crippen LogP contribution in [0.3, 0.4) is 0 Å². The molecule has 1 rings (SSSR count). The fourth-order valence-corrected chi connectivity index (χ4v) is 0.469. The molecule has 0 saturated carbocycles. The third-order valence-electron chi connectivity index (χ3n) is 0.837. The van der Waals surface area contributed by atoms with Gasteiger partial charge in [-0.25, -0.2) is 0 Å². The summed E-state index contributed by atoms with van der Waals surface area (Å²) in [5.74, 6) is 0.175. The molecule has 0 N–H and O–H groups in total. The Labute approximate surface area is 51.2 Å². The SMILES string of the molecule is Cc1[c]cc([N+](=O)[O-])o1. The van der Waals surface area contributed by atoms with E-state index in [1.807, 2.05) is 0 Å². The topological polar surface area (TPSA) is 56.3 Å². The first-order chi connectivity index (χ1) is 4.20. The van der Waals surface area contributed by atoms with Crippen molar-refractivity contribution >= 4 is 5.88 Å². The Kier molecular flexibility index (Phi) is 1.22. The van der Waals surface area contributed by atoms with Crippen molar-refractivity contribution in [2.75, 3.05) is 0 Å². The highest BCUT2D eigenvalue weighted by atomic mass is 16.6. The molecule has 0 fully saturated rings. The number of hydrogen-bond acceptors (Lipinski definition) is 3. The fraction of sp³-hybridized carbons (Fsp3) is 0.200. The summed E-state index contributed by atoms with van der Waals surface area (Å²) in [6, 6.07) is 3.75. The summed E-state index contributed by atoms with van der Waals surface area (Å²) >= 11 is 0. The van der Waals surface area contributed by atoms with E-state index in [9.17, 15) is 10.1 Å². The van der Waals surface area contributed by atoms with Crippen molar-refractivity contribution in [2.24, 2.45) is 0 Å². The molecule has 0 unspecified atom stereocenters. The van der Waals surface area contributed by atoms with Gasteiger partial charge in [0, 0.05) is 6.07 Å². The number of aryl methyl sites for hydroxylation is 1. The first kappa shape index (κ1) is 5.81. The largest absolute Gasteiger partial charge is 0.433 e. The number of hydrogen-bond donors (Lipinski definition) is 0. The highest BCUT2D eigenvalue weighted by Gasteiger charge is 2.08. The molecule has 0 atom stereocenters. The first-order valence-corrected chi connectivity index (χ1v) is 2.32. The zero-order valence-electron chi connectivity index (χ0n) is 4.75. The molecule has 0 aliphatic carbocycles. The number of nitrogens with zero attached hydrogens (tertiary/aromatic N) is 1. The van der Waals surface area contributed by atoms with Crippen LogP contribution in [0.1, 0.15) is 5.76 Å². The van der Waals surface area contributed by atoms with Crippen molar-refractivity contribution in [3.8, 4) is 0 Å². The van der Waals surface area contributed by atoms with Gasteiger partial charge in [0.25, 0.3) is 0 Å². The minimum absolute atomic E-state index is 0.257. The van der Waals surface area contributed by atoms with E-state index in [4.69, 9.17) is 0 Å². The van der Waals surface area contributed by atoms with Crippen LogP contribution >= 0.6 is 0 Å². The predicted molar refractivity (Wildman–Crippen MR) is 28.9 cm³/mol. The van der Waals surface area contributed by atoms with E-state index in [0.717, 1.165) is 0 Å². The zero-order valence-corrected chi connectivity index (χ0v) is 4.75. The molecule has 1 aromatic rings. The molecule has 1 heterocycles. The lowest BCUT2D eigenvalue weighted by Gasteiger charge is -1.79. The zero-order chi connectivity index (χ0) is 6.85. The van der Waals surface area contributed by atoms with Crippen molar-refractivity contribution < 1.29 is 9.34 Å². The molecular weight excluding hydrogens is 122 g/mol. The van der Waals surface area contributed by atoms with Gasteiger partial charge in [0.1, 0.15) is 10.7 Å². The van der Waals surface area contributed by atoms with Gasteiger partial charge < -0.3 is 4.42 Å². The Morgan fingerprint density at radius 2 is 2.56 bits per heavy atom. The average Bonchev–Trinajstić information content (AvgIpc) is 2.14. The molecular formula is C5H4NO3. The standard InChI is InChI=1S/C5H4NO3/c1-4-2-3-5(9-4)6(7)8/h3H,1H3. The normalized spacial score (nSPS) is 9.44. The van der Waals surface area contributed by atoms with Gasteiger partial charge in [-0.3, -0.25) is 10.1 Å². The summed E-state index contributed by atoms with van der Waals surface area (Å²) in [6.07, 6.45) is 0. The molecule has 0 amide bonds. The summed E-state index contributed by atoms with van der Waals surface area (Å²) in [5.41, 5.74) is 0. The van der Waals surface area contributed by atoms with E-state index in [1.165, 1.54) is 6.07 Å². The molecule has 1 aromatic heterocycles. The van der Waals surface area contributed by atoms with Crippen molar-refractivity contribution in [1.82, 2.24) is 0 Å². The monoisotopic (exact) mass is 126 g/mol. The van der Waals surface area contributed by atoms with E-state index in [-0.39, 0.29) is 5.88 Å². The lowest BCUT2D eigenvalue weighted by molar-refractivity contribution is -0.402. The van der Waals surface area contributed by atoms with Gasteiger partial charge >= 0.3 is 5.88 Å². The third kappa shape index (κ3) is 1.07. The lowest BCUT2D eigenvalue weighted by atomic mass is 10.5. The van der Waals surface area contributed by atoms with Crippen molar-refractivity contribution in [3.63, 3.8) is 0 Å². The van der Waals surface area contributed by atoms with Gasteiger partial charge in [-0.15, -0.1) is 0 Å². The van der Waals surface area contributed by atoms with Crippen LogP contribution in [0.25, 0.3) is 0 Å². The quantitative estimate of drug-likeness (QED) is 0.421. The Balaban J connectivity index is 2.98. The maximum Gasteiger partial charge on any atom is 0.433 e. The van der Waals surface area contributed by atoms with E-state index in [1.54, 1.807) is 6.92 Å². The van der Waals surface area contributed by atoms with Crippen molar-refractivity contribution in [3.05, 3.63) is 28.0 Å². The molecule has 0 saturated heterocycles. The van der Waals surface area contributed by atoms with Gasteiger partial charge in [-0.2, -0.15) is 0 Å². The van der Waals surface area contributed by atoms with E-state index < -0.39 is 4.92 Å². The van der Waals surface area contributed by atoms with Gasteiger partial charge in [0.15, 0.2) is 0 Å². The summed E-state index contributed by atoms with van der Waals surface area (Å²) in [4.78, 5) is 9.31. The molecule has 0 aromatic carbocycles. The minimum Gasteiger partial charge on any atom is -0.405 e. The summed E-state index contributed by atoms with van der Waals surface area (Å²) in [5, 5.41) is 9.91. The van der Waals surface area contributed by atoms with Crippen LogP contribution < -0.4 is 0 Å². The maximum absolute atomic E-state index is 9.91. The molecule has 47 valence electrons. The molecule has 1 radical (unpaired) electrons. The van der Waals surface area contributed by atoms with E-state index >= 15 is 0 Å². The number of nitro groups is 1. The number of rotatable bonds is 1. The second kappa shape index (κ2) is 1.89. The van der Waals surface area contributed by atoms with Gasteiger partial charge in [0.2, 0.25) is 0 Å². The lowest BCUT2D eigenvalue weighted by Crippen LogP contribution is -1.82. The molecule has 0 bridgehead atoms. The van der Waals surface area contributed by atoms with Gasteiger partial charge in [0.05, 0.1) is 6.07 Å². The van der Waals surface area contributed by atoms with Crippen LogP contribution in [0.5, 0.6) is 0 Å². The second-order valence-corrected chi connectivity index (χ2v) is 1.54. The summed E-state index contributed by atoms with van der Waals surface area (Å²) in [6.45, 7) is 1.60. The Hall–Kier alpha value is -1.32. The Morgan fingerprint density at radius 3 is 2.78 bits per heavy atom. The van der Waals surface area contributed by atoms with Crippen LogP contribution in [0, 0.1) is 23.1 Å². The fourth-order valence-electron chi connectivity index (χ4n) is 0.469. The average molecular weight is 126 g/mol. The van der Waals surface area contributed by atoms with Crippen LogP contribution in [0.4, 0.5) is 5.88 Å². The highest BCUT2D eigenvalue weighted by molar-refractivity contribution is 5.15. The van der Waals surface area contributed by atoms with Crippen LogP contribution in [-0.2, 0) is 0 Å². The smallest absolute Gasteiger partial charge is 0.405 e. The summed E-state index contributed by atoms with van der Waals surface area (Å²) in [7, 11) is 0. The Bertz CT molecular complexity index is 228. The molecule has 0 aliphatic rings. The predicted octanol–water partition coefficient (Wildman–Crippen LogP) is 1.30. The van der Waals surface area contributed by atoms with Crippen molar-refractivity contribution in [2.45, 2.75) is 6.92 Å². The molecule has 0 aliphatic heterocycles. The third-order valence-corrected chi connectivity index (χ3v) is 0.837. The van der Waals surface area contributed by atoms with Crippen LogP contribution in [0.2, 0.25) is 0 Å². The maximum atomic E-state index is 9.91. The van der Waals surface area contributed by atoms with Gasteiger partial charge in [-0.05, 0) is 6.92 Å². The molecule has 9 heavy (non-hydrogen) atoms. The van der Waals surface area contributed by atoms with Crippen molar-refractivity contribution in [1.29, 1.82) is 0 Å². The molecule has 0 spiro atoms. The Morgan fingerprint density at radius 1 is 1.89 bits per heavy atom. The van der Waals surface area contributed by atoms with E-state index in [0.29, 0.717) is 5.76 Å². The summed E-state index contributed by atoms with van der Waals surface area (Å²) < 4.78 is 4.59. The minimum atomic E-state index is -0.594. The van der Waals surface area contributed by atoms with E-state index in [2.05, 4.69) is 10.5 Å².